The number of rotatable bonds is 8. The number of hydrogen-bond donors (Lipinski definition) is 1. The summed E-state index contributed by atoms with van der Waals surface area (Å²) in [5, 5.41) is 3.47. The van der Waals surface area contributed by atoms with Gasteiger partial charge >= 0.3 is 0 Å². The van der Waals surface area contributed by atoms with Gasteiger partial charge in [0.25, 0.3) is 0 Å². The molecule has 0 radical (unpaired) electrons. The lowest BCUT2D eigenvalue weighted by molar-refractivity contribution is 0.617. The highest BCUT2D eigenvalue weighted by Gasteiger charge is 1.99. The first-order chi connectivity index (χ1) is 8.24. The van der Waals surface area contributed by atoms with Gasteiger partial charge in [0.2, 0.25) is 0 Å². The second-order valence-corrected chi connectivity index (χ2v) is 6.09. The summed E-state index contributed by atoms with van der Waals surface area (Å²) in [4.78, 5) is 0. The zero-order valence-corrected chi connectivity index (χ0v) is 13.6. The molecule has 1 aromatic rings. The van der Waals surface area contributed by atoms with Gasteiger partial charge < -0.3 is 5.32 Å². The molecule has 1 aromatic carbocycles. The molecule has 0 saturated heterocycles. The fourth-order valence-corrected chi connectivity index (χ4v) is 2.51. The Balaban J connectivity index is 2.15. The van der Waals surface area contributed by atoms with Crippen molar-refractivity contribution >= 4 is 37.5 Å². The number of unbranched alkanes of at least 4 members (excludes halogenated alkanes) is 5. The number of hydrogen-bond acceptors (Lipinski definition) is 1. The van der Waals surface area contributed by atoms with E-state index >= 15 is 0 Å². The van der Waals surface area contributed by atoms with Crippen LogP contribution in [0.15, 0.2) is 27.1 Å². The minimum Gasteiger partial charge on any atom is -0.384 e. The van der Waals surface area contributed by atoms with Crippen LogP contribution in [0.5, 0.6) is 0 Å². The minimum atomic E-state index is 1.06. The van der Waals surface area contributed by atoms with Crippen LogP contribution >= 0.6 is 31.9 Å². The predicted octanol–water partition coefficient (Wildman–Crippen LogP) is 5.98. The van der Waals surface area contributed by atoms with Crippen LogP contribution in [0.4, 0.5) is 5.69 Å². The van der Waals surface area contributed by atoms with E-state index in [4.69, 9.17) is 0 Å². The molecule has 1 N–H and O–H groups in total. The molecule has 0 aliphatic rings. The smallest absolute Gasteiger partial charge is 0.0495 e. The molecule has 17 heavy (non-hydrogen) atoms. The maximum atomic E-state index is 3.55. The Kier molecular flexibility index (Phi) is 7.95. The van der Waals surface area contributed by atoms with Crippen molar-refractivity contribution in [3.05, 3.63) is 27.1 Å². The Bertz CT molecular complexity index is 326. The maximum absolute atomic E-state index is 3.55. The second-order valence-electron chi connectivity index (χ2n) is 4.32. The van der Waals surface area contributed by atoms with Crippen LogP contribution in [0.25, 0.3) is 0 Å². The van der Waals surface area contributed by atoms with E-state index in [1.54, 1.807) is 0 Å². The molecule has 0 aliphatic heterocycles. The monoisotopic (exact) mass is 361 g/mol. The summed E-state index contributed by atoms with van der Waals surface area (Å²) in [5.74, 6) is 0. The van der Waals surface area contributed by atoms with E-state index in [0.717, 1.165) is 15.5 Å². The average molecular weight is 363 g/mol. The van der Waals surface area contributed by atoms with Gasteiger partial charge in [0.15, 0.2) is 0 Å². The normalized spacial score (nSPS) is 10.5. The van der Waals surface area contributed by atoms with E-state index in [0.29, 0.717) is 0 Å². The highest BCUT2D eigenvalue weighted by molar-refractivity contribution is 9.11. The standard InChI is InChI=1S/C14H21Br2N/c1-2-3-4-5-6-7-10-17-14-11-12(15)8-9-13(14)16/h8-9,11,17H,2-7,10H2,1H3. The zero-order chi connectivity index (χ0) is 12.5. The summed E-state index contributed by atoms with van der Waals surface area (Å²) in [6, 6.07) is 6.22. The number of anilines is 1. The van der Waals surface area contributed by atoms with Crippen molar-refractivity contribution < 1.29 is 0 Å². The number of benzene rings is 1. The van der Waals surface area contributed by atoms with E-state index in [1.165, 1.54) is 44.2 Å². The van der Waals surface area contributed by atoms with Crippen LogP contribution in [0.3, 0.4) is 0 Å². The molecule has 0 bridgehead atoms. The van der Waals surface area contributed by atoms with E-state index < -0.39 is 0 Å². The topological polar surface area (TPSA) is 12.0 Å². The van der Waals surface area contributed by atoms with Gasteiger partial charge in [-0.05, 0) is 40.5 Å². The molecule has 0 spiro atoms. The molecule has 0 aliphatic carbocycles. The SMILES string of the molecule is CCCCCCCCNc1cc(Br)ccc1Br. The molecular formula is C14H21Br2N. The third-order valence-electron chi connectivity index (χ3n) is 2.77. The van der Waals surface area contributed by atoms with Crippen LogP contribution < -0.4 is 5.32 Å². The second kappa shape index (κ2) is 8.98. The maximum Gasteiger partial charge on any atom is 0.0495 e. The zero-order valence-electron chi connectivity index (χ0n) is 10.4. The van der Waals surface area contributed by atoms with Gasteiger partial charge in [0.1, 0.15) is 0 Å². The van der Waals surface area contributed by atoms with Gasteiger partial charge in [-0.25, -0.2) is 0 Å². The molecule has 0 heterocycles. The molecule has 1 rings (SSSR count). The largest absolute Gasteiger partial charge is 0.384 e. The molecule has 96 valence electrons. The van der Waals surface area contributed by atoms with Gasteiger partial charge in [-0.2, -0.15) is 0 Å². The fraction of sp³-hybridized carbons (Fsp3) is 0.571. The Morgan fingerprint density at radius 3 is 2.47 bits per heavy atom. The Morgan fingerprint density at radius 1 is 1.00 bits per heavy atom. The van der Waals surface area contributed by atoms with Gasteiger partial charge in [-0.1, -0.05) is 55.0 Å². The third kappa shape index (κ3) is 6.46. The summed E-state index contributed by atoms with van der Waals surface area (Å²) in [6.07, 6.45) is 8.04. The van der Waals surface area contributed by atoms with Crippen LogP contribution in [0.1, 0.15) is 45.4 Å². The van der Waals surface area contributed by atoms with Crippen LogP contribution in [-0.4, -0.2) is 6.54 Å². The quantitative estimate of drug-likeness (QED) is 0.560. The van der Waals surface area contributed by atoms with Gasteiger partial charge in [0.05, 0.1) is 0 Å². The minimum absolute atomic E-state index is 1.06. The summed E-state index contributed by atoms with van der Waals surface area (Å²) >= 11 is 7.04. The molecule has 0 fully saturated rings. The first-order valence-electron chi connectivity index (χ1n) is 6.43. The Hall–Kier alpha value is -0.0200. The Morgan fingerprint density at radius 2 is 1.71 bits per heavy atom. The van der Waals surface area contributed by atoms with E-state index in [1.807, 2.05) is 6.07 Å². The molecule has 0 aromatic heterocycles. The molecular weight excluding hydrogens is 342 g/mol. The van der Waals surface area contributed by atoms with Gasteiger partial charge in [-0.3, -0.25) is 0 Å². The van der Waals surface area contributed by atoms with Crippen molar-refractivity contribution in [2.24, 2.45) is 0 Å². The highest BCUT2D eigenvalue weighted by atomic mass is 79.9. The molecule has 0 atom stereocenters. The van der Waals surface area contributed by atoms with E-state index in [-0.39, 0.29) is 0 Å². The molecule has 1 nitrogen and oxygen atoms in total. The lowest BCUT2D eigenvalue weighted by Gasteiger charge is -2.08. The van der Waals surface area contributed by atoms with Crippen molar-refractivity contribution in [2.75, 3.05) is 11.9 Å². The Labute approximate surface area is 122 Å². The van der Waals surface area contributed by atoms with Crippen molar-refractivity contribution in [3.63, 3.8) is 0 Å². The van der Waals surface area contributed by atoms with Gasteiger partial charge in [0, 0.05) is 21.2 Å². The van der Waals surface area contributed by atoms with Crippen LogP contribution in [-0.2, 0) is 0 Å². The summed E-state index contributed by atoms with van der Waals surface area (Å²) in [6.45, 7) is 3.31. The average Bonchev–Trinajstić information content (AvgIpc) is 2.32. The molecule has 0 unspecified atom stereocenters. The van der Waals surface area contributed by atoms with Crippen LogP contribution in [0, 0.1) is 0 Å². The summed E-state index contributed by atoms with van der Waals surface area (Å²) in [5.41, 5.74) is 1.17. The molecule has 0 amide bonds. The molecule has 0 saturated carbocycles. The van der Waals surface area contributed by atoms with Crippen LogP contribution in [0.2, 0.25) is 0 Å². The van der Waals surface area contributed by atoms with Gasteiger partial charge in [-0.15, -0.1) is 0 Å². The first-order valence-corrected chi connectivity index (χ1v) is 8.01. The van der Waals surface area contributed by atoms with E-state index in [2.05, 4.69) is 56.2 Å². The van der Waals surface area contributed by atoms with Crippen molar-refractivity contribution in [3.8, 4) is 0 Å². The van der Waals surface area contributed by atoms with Crippen molar-refractivity contribution in [1.29, 1.82) is 0 Å². The number of halogens is 2. The fourth-order valence-electron chi connectivity index (χ4n) is 1.76. The lowest BCUT2D eigenvalue weighted by atomic mass is 10.1. The highest BCUT2D eigenvalue weighted by Crippen LogP contribution is 2.26. The predicted molar refractivity (Wildman–Crippen MR) is 83.7 cm³/mol. The van der Waals surface area contributed by atoms with Crippen molar-refractivity contribution in [1.82, 2.24) is 0 Å². The molecule has 3 heteroatoms. The third-order valence-corrected chi connectivity index (χ3v) is 3.96. The lowest BCUT2D eigenvalue weighted by Crippen LogP contribution is -2.02. The number of nitrogens with one attached hydrogen (secondary N) is 1. The van der Waals surface area contributed by atoms with Crippen molar-refractivity contribution in [2.45, 2.75) is 45.4 Å². The summed E-state index contributed by atoms with van der Waals surface area (Å²) in [7, 11) is 0. The van der Waals surface area contributed by atoms with E-state index in [9.17, 15) is 0 Å². The summed E-state index contributed by atoms with van der Waals surface area (Å²) < 4.78 is 2.25. The first kappa shape index (κ1) is 15.0.